The third-order valence-corrected chi connectivity index (χ3v) is 3.53. The van der Waals surface area contributed by atoms with E-state index in [1.165, 1.54) is 6.08 Å². The van der Waals surface area contributed by atoms with Crippen molar-refractivity contribution < 1.29 is 4.79 Å². The molecule has 0 radical (unpaired) electrons. The van der Waals surface area contributed by atoms with Crippen LogP contribution in [0.3, 0.4) is 0 Å². The van der Waals surface area contributed by atoms with Gasteiger partial charge < -0.3 is 5.32 Å². The summed E-state index contributed by atoms with van der Waals surface area (Å²) in [5, 5.41) is 5.61. The summed E-state index contributed by atoms with van der Waals surface area (Å²) in [7, 11) is 0. The van der Waals surface area contributed by atoms with Gasteiger partial charge in [0, 0.05) is 16.0 Å². The number of rotatable bonds is 3. The Morgan fingerprint density at radius 1 is 1.28 bits per heavy atom. The first-order chi connectivity index (χ1) is 8.65. The first kappa shape index (κ1) is 13.1. The summed E-state index contributed by atoms with van der Waals surface area (Å²) in [6, 6.07) is 8.78. The molecule has 0 spiro atoms. The Morgan fingerprint density at radius 2 is 2.11 bits per heavy atom. The second-order valence-corrected chi connectivity index (χ2v) is 5.29. The molecule has 1 aromatic carbocycles. The molecule has 0 saturated carbocycles. The zero-order valence-corrected chi connectivity index (χ0v) is 11.5. The Bertz CT molecular complexity index is 579. The number of carbonyl (C=O) groups excluding carboxylic acids is 1. The van der Waals surface area contributed by atoms with E-state index in [0.29, 0.717) is 15.7 Å². The molecule has 18 heavy (non-hydrogen) atoms. The van der Waals surface area contributed by atoms with E-state index in [9.17, 15) is 4.79 Å². The van der Waals surface area contributed by atoms with Crippen molar-refractivity contribution in [3.05, 3.63) is 56.7 Å². The van der Waals surface area contributed by atoms with E-state index >= 15 is 0 Å². The predicted octanol–water partition coefficient (Wildman–Crippen LogP) is 4.71. The summed E-state index contributed by atoms with van der Waals surface area (Å²) in [5.74, 6) is -0.243. The Labute approximate surface area is 119 Å². The molecule has 0 atom stereocenters. The molecule has 0 aliphatic rings. The quantitative estimate of drug-likeness (QED) is 0.817. The molecule has 1 N–H and O–H groups in total. The molecule has 2 rings (SSSR count). The molecular weight excluding hydrogens is 289 g/mol. The first-order valence-electron chi connectivity index (χ1n) is 5.13. The lowest BCUT2D eigenvalue weighted by molar-refractivity contribution is -0.111. The Balaban J connectivity index is 2.05. The number of thiophene rings is 1. The molecule has 92 valence electrons. The lowest BCUT2D eigenvalue weighted by Gasteiger charge is -2.04. The zero-order valence-electron chi connectivity index (χ0n) is 9.19. The second-order valence-electron chi connectivity index (χ2n) is 3.46. The van der Waals surface area contributed by atoms with Crippen molar-refractivity contribution in [3.8, 4) is 0 Å². The summed E-state index contributed by atoms with van der Waals surface area (Å²) < 4.78 is 0. The number of halogens is 2. The summed E-state index contributed by atoms with van der Waals surface area (Å²) >= 11 is 13.3. The molecule has 0 aliphatic carbocycles. The summed E-state index contributed by atoms with van der Waals surface area (Å²) in [4.78, 5) is 12.7. The van der Waals surface area contributed by atoms with Crippen molar-refractivity contribution in [2.24, 2.45) is 0 Å². The molecular formula is C13H9Cl2NOS. The molecule has 1 aromatic heterocycles. The first-order valence-corrected chi connectivity index (χ1v) is 6.76. The highest BCUT2D eigenvalue weighted by molar-refractivity contribution is 7.10. The largest absolute Gasteiger partial charge is 0.321 e. The van der Waals surface area contributed by atoms with Crippen LogP contribution in [0.25, 0.3) is 6.08 Å². The van der Waals surface area contributed by atoms with E-state index in [-0.39, 0.29) is 5.91 Å². The van der Waals surface area contributed by atoms with Gasteiger partial charge in [0.15, 0.2) is 0 Å². The van der Waals surface area contributed by atoms with Gasteiger partial charge in [0.2, 0.25) is 5.91 Å². The monoisotopic (exact) mass is 297 g/mol. The number of hydrogen-bond acceptors (Lipinski definition) is 2. The van der Waals surface area contributed by atoms with Gasteiger partial charge in [-0.05, 0) is 35.7 Å². The minimum Gasteiger partial charge on any atom is -0.321 e. The van der Waals surface area contributed by atoms with Gasteiger partial charge in [0.1, 0.15) is 0 Å². The normalized spacial score (nSPS) is 10.8. The topological polar surface area (TPSA) is 29.1 Å². The molecule has 0 unspecified atom stereocenters. The number of hydrogen-bond donors (Lipinski definition) is 1. The second kappa shape index (κ2) is 6.05. The highest BCUT2D eigenvalue weighted by atomic mass is 35.5. The fraction of sp³-hybridized carbons (Fsp3) is 0. The van der Waals surface area contributed by atoms with E-state index in [0.717, 1.165) is 4.88 Å². The van der Waals surface area contributed by atoms with Crippen LogP contribution in [0.1, 0.15) is 4.88 Å². The Morgan fingerprint density at radius 3 is 2.83 bits per heavy atom. The number of amides is 1. The average Bonchev–Trinajstić information content (AvgIpc) is 2.84. The maximum Gasteiger partial charge on any atom is 0.248 e. The predicted molar refractivity (Wildman–Crippen MR) is 78.4 cm³/mol. The van der Waals surface area contributed by atoms with Gasteiger partial charge in [-0.3, -0.25) is 4.79 Å². The van der Waals surface area contributed by atoms with Crippen LogP contribution >= 0.6 is 34.5 Å². The lowest BCUT2D eigenvalue weighted by atomic mass is 10.3. The van der Waals surface area contributed by atoms with Crippen molar-refractivity contribution in [1.82, 2.24) is 0 Å². The maximum absolute atomic E-state index is 11.7. The average molecular weight is 298 g/mol. The van der Waals surface area contributed by atoms with Crippen molar-refractivity contribution in [3.63, 3.8) is 0 Å². The highest BCUT2D eigenvalue weighted by Gasteiger charge is 2.03. The molecule has 5 heteroatoms. The van der Waals surface area contributed by atoms with Crippen molar-refractivity contribution in [2.75, 3.05) is 5.32 Å². The molecule has 0 bridgehead atoms. The standard InChI is InChI=1S/C13H9Cl2NOS/c14-9-3-5-11(15)12(8-9)16-13(17)6-4-10-2-1-7-18-10/h1-8H,(H,16,17)/b6-4-. The van der Waals surface area contributed by atoms with E-state index < -0.39 is 0 Å². The van der Waals surface area contributed by atoms with Gasteiger partial charge in [-0.2, -0.15) is 0 Å². The van der Waals surface area contributed by atoms with Crippen LogP contribution in [0.4, 0.5) is 5.69 Å². The van der Waals surface area contributed by atoms with Gasteiger partial charge in [-0.1, -0.05) is 29.3 Å². The molecule has 0 fully saturated rings. The van der Waals surface area contributed by atoms with Gasteiger partial charge >= 0.3 is 0 Å². The van der Waals surface area contributed by atoms with Crippen LogP contribution in [0.2, 0.25) is 10.0 Å². The summed E-state index contributed by atoms with van der Waals surface area (Å²) in [6.45, 7) is 0. The van der Waals surface area contributed by atoms with E-state index in [2.05, 4.69) is 5.32 Å². The van der Waals surface area contributed by atoms with Gasteiger partial charge in [-0.25, -0.2) is 0 Å². The Hall–Kier alpha value is -1.29. The van der Waals surface area contributed by atoms with Gasteiger partial charge in [0.25, 0.3) is 0 Å². The van der Waals surface area contributed by atoms with Crippen molar-refractivity contribution >= 4 is 52.2 Å². The van der Waals surface area contributed by atoms with Crippen LogP contribution in [0.15, 0.2) is 41.8 Å². The van der Waals surface area contributed by atoms with Crippen LogP contribution in [-0.4, -0.2) is 5.91 Å². The smallest absolute Gasteiger partial charge is 0.248 e. The fourth-order valence-corrected chi connectivity index (χ4v) is 2.27. The minimum absolute atomic E-state index is 0.243. The number of carbonyl (C=O) groups is 1. The Kier molecular flexibility index (Phi) is 4.42. The third-order valence-electron chi connectivity index (χ3n) is 2.13. The van der Waals surface area contributed by atoms with Crippen LogP contribution in [0, 0.1) is 0 Å². The van der Waals surface area contributed by atoms with Crippen LogP contribution < -0.4 is 5.32 Å². The maximum atomic E-state index is 11.7. The van der Waals surface area contributed by atoms with Crippen LogP contribution in [-0.2, 0) is 4.79 Å². The van der Waals surface area contributed by atoms with Crippen LogP contribution in [0.5, 0.6) is 0 Å². The van der Waals surface area contributed by atoms with Gasteiger partial charge in [0.05, 0.1) is 10.7 Å². The molecule has 2 nitrogen and oxygen atoms in total. The van der Waals surface area contributed by atoms with Crippen molar-refractivity contribution in [1.29, 1.82) is 0 Å². The summed E-state index contributed by atoms with van der Waals surface area (Å²) in [6.07, 6.45) is 3.21. The molecule has 0 aliphatic heterocycles. The minimum atomic E-state index is -0.243. The van der Waals surface area contributed by atoms with E-state index in [1.54, 1.807) is 35.6 Å². The SMILES string of the molecule is O=C(/C=C\c1cccs1)Nc1cc(Cl)ccc1Cl. The van der Waals surface area contributed by atoms with Crippen molar-refractivity contribution in [2.45, 2.75) is 0 Å². The van der Waals surface area contributed by atoms with Gasteiger partial charge in [-0.15, -0.1) is 11.3 Å². The molecule has 2 aromatic rings. The molecule has 0 saturated heterocycles. The lowest BCUT2D eigenvalue weighted by Crippen LogP contribution is -2.07. The number of benzene rings is 1. The zero-order chi connectivity index (χ0) is 13.0. The number of anilines is 1. The number of nitrogens with one attached hydrogen (secondary N) is 1. The molecule has 1 amide bonds. The van der Waals surface area contributed by atoms with E-state index in [1.807, 2.05) is 17.5 Å². The highest BCUT2D eigenvalue weighted by Crippen LogP contribution is 2.25. The fourth-order valence-electron chi connectivity index (χ4n) is 1.31. The van der Waals surface area contributed by atoms with E-state index in [4.69, 9.17) is 23.2 Å². The molecule has 1 heterocycles. The third kappa shape index (κ3) is 3.60. The summed E-state index contributed by atoms with van der Waals surface area (Å²) in [5.41, 5.74) is 0.505.